The standard InChI is InChI=1S/C17H13ClN2O4S2/c1-24-13-6-2-11(3-7-13)10-15-16(21)19-17(25-15)20-26(22,23)14-8-4-12(18)5-9-14/h2-10H,1H3,(H,19,20,21)/b15-10-. The van der Waals surface area contributed by atoms with Crippen molar-refractivity contribution in [3.63, 3.8) is 0 Å². The van der Waals surface area contributed by atoms with Gasteiger partial charge in [0, 0.05) is 5.02 Å². The number of hydrogen-bond donors (Lipinski definition) is 1. The molecular weight excluding hydrogens is 396 g/mol. The summed E-state index contributed by atoms with van der Waals surface area (Å²) in [5.41, 5.74) is 0.783. The Bertz CT molecular complexity index is 998. The Hall–Kier alpha value is -2.29. The smallest absolute Gasteiger partial charge is 0.284 e. The average Bonchev–Trinajstić information content (AvgIpc) is 2.94. The van der Waals surface area contributed by atoms with E-state index in [0.717, 1.165) is 17.3 Å². The first kappa shape index (κ1) is 18.5. The van der Waals surface area contributed by atoms with Crippen LogP contribution in [0.1, 0.15) is 5.56 Å². The van der Waals surface area contributed by atoms with Crippen molar-refractivity contribution in [3.8, 4) is 5.75 Å². The number of methoxy groups -OCH3 is 1. The van der Waals surface area contributed by atoms with Crippen LogP contribution in [0, 0.1) is 0 Å². The molecule has 1 amide bonds. The number of carbonyl (C=O) groups is 1. The zero-order chi connectivity index (χ0) is 18.7. The summed E-state index contributed by atoms with van der Waals surface area (Å²) in [6.45, 7) is 0. The van der Waals surface area contributed by atoms with Crippen LogP contribution < -0.4 is 10.1 Å². The fourth-order valence-corrected chi connectivity index (χ4v) is 4.20. The molecule has 0 spiro atoms. The molecule has 26 heavy (non-hydrogen) atoms. The van der Waals surface area contributed by atoms with Gasteiger partial charge in [-0.1, -0.05) is 23.7 Å². The summed E-state index contributed by atoms with van der Waals surface area (Å²) in [4.78, 5) is 12.4. The Morgan fingerprint density at radius 3 is 2.38 bits per heavy atom. The van der Waals surface area contributed by atoms with E-state index in [1.54, 1.807) is 37.5 Å². The number of benzene rings is 2. The number of amides is 1. The van der Waals surface area contributed by atoms with Gasteiger partial charge in [0.15, 0.2) is 5.17 Å². The normalized spacial score (nSPS) is 17.5. The number of carbonyl (C=O) groups excluding carboxylic acids is 1. The summed E-state index contributed by atoms with van der Waals surface area (Å²) in [7, 11) is -2.37. The zero-order valence-corrected chi connectivity index (χ0v) is 15.9. The second kappa shape index (κ2) is 7.53. The second-order valence-corrected chi connectivity index (χ2v) is 8.23. The van der Waals surface area contributed by atoms with Gasteiger partial charge in [0.05, 0.1) is 16.9 Å². The Balaban J connectivity index is 1.83. The van der Waals surface area contributed by atoms with Crippen LogP contribution in [0.5, 0.6) is 5.75 Å². The fraction of sp³-hybridized carbons (Fsp3) is 0.0588. The molecule has 1 N–H and O–H groups in total. The number of ether oxygens (including phenoxy) is 1. The Kier molecular flexibility index (Phi) is 5.36. The van der Waals surface area contributed by atoms with Crippen LogP contribution in [-0.2, 0) is 14.8 Å². The van der Waals surface area contributed by atoms with Gasteiger partial charge in [-0.15, -0.1) is 4.40 Å². The molecule has 1 heterocycles. The maximum atomic E-state index is 12.3. The maximum absolute atomic E-state index is 12.3. The van der Waals surface area contributed by atoms with Gasteiger partial charge >= 0.3 is 0 Å². The highest BCUT2D eigenvalue weighted by Crippen LogP contribution is 2.28. The minimum absolute atomic E-state index is 0.00293. The predicted octanol–water partition coefficient (Wildman–Crippen LogP) is 3.30. The van der Waals surface area contributed by atoms with Crippen molar-refractivity contribution in [2.45, 2.75) is 4.90 Å². The molecule has 134 valence electrons. The number of sulfonamides is 1. The molecule has 1 aliphatic heterocycles. The van der Waals surface area contributed by atoms with E-state index in [2.05, 4.69) is 9.71 Å². The highest BCUT2D eigenvalue weighted by molar-refractivity contribution is 8.19. The first-order chi connectivity index (χ1) is 12.4. The fourth-order valence-electron chi connectivity index (χ4n) is 2.09. The summed E-state index contributed by atoms with van der Waals surface area (Å²) in [5.74, 6) is 0.294. The van der Waals surface area contributed by atoms with Gasteiger partial charge in [0.2, 0.25) is 0 Å². The number of halogens is 1. The molecule has 0 unspecified atom stereocenters. The molecule has 9 heteroatoms. The van der Waals surface area contributed by atoms with E-state index in [1.165, 1.54) is 24.3 Å². The molecule has 1 saturated heterocycles. The number of thioether (sulfide) groups is 1. The molecule has 1 aliphatic rings. The lowest BCUT2D eigenvalue weighted by molar-refractivity contribution is -0.115. The van der Waals surface area contributed by atoms with Crippen molar-refractivity contribution in [2.24, 2.45) is 4.40 Å². The molecule has 0 aromatic heterocycles. The van der Waals surface area contributed by atoms with Gasteiger partial charge in [0.25, 0.3) is 15.9 Å². The third-order valence-electron chi connectivity index (χ3n) is 3.38. The van der Waals surface area contributed by atoms with Crippen LogP contribution in [-0.4, -0.2) is 26.6 Å². The van der Waals surface area contributed by atoms with Gasteiger partial charge in [-0.05, 0) is 59.8 Å². The van der Waals surface area contributed by atoms with Crippen molar-refractivity contribution in [1.82, 2.24) is 5.32 Å². The molecule has 0 aliphatic carbocycles. The lowest BCUT2D eigenvalue weighted by Gasteiger charge is -2.00. The predicted molar refractivity (Wildman–Crippen MR) is 103 cm³/mol. The monoisotopic (exact) mass is 408 g/mol. The van der Waals surface area contributed by atoms with Gasteiger partial charge in [-0.2, -0.15) is 8.42 Å². The van der Waals surface area contributed by atoms with E-state index < -0.39 is 15.9 Å². The summed E-state index contributed by atoms with van der Waals surface area (Å²) in [5, 5.41) is 2.89. The van der Waals surface area contributed by atoms with Crippen LogP contribution in [0.4, 0.5) is 0 Å². The molecule has 0 saturated carbocycles. The quantitative estimate of drug-likeness (QED) is 0.784. The van der Waals surface area contributed by atoms with Crippen molar-refractivity contribution in [2.75, 3.05) is 7.11 Å². The highest BCUT2D eigenvalue weighted by Gasteiger charge is 2.26. The minimum Gasteiger partial charge on any atom is -0.497 e. The molecule has 2 aromatic rings. The average molecular weight is 409 g/mol. The summed E-state index contributed by atoms with van der Waals surface area (Å²) in [6.07, 6.45) is 1.65. The van der Waals surface area contributed by atoms with E-state index in [4.69, 9.17) is 16.3 Å². The Labute approximate surface area is 160 Å². The van der Waals surface area contributed by atoms with E-state index >= 15 is 0 Å². The third-order valence-corrected chi connectivity index (χ3v) is 5.95. The van der Waals surface area contributed by atoms with Gasteiger partial charge in [-0.25, -0.2) is 0 Å². The summed E-state index contributed by atoms with van der Waals surface area (Å²) in [6, 6.07) is 12.8. The third kappa shape index (κ3) is 4.27. The first-order valence-electron chi connectivity index (χ1n) is 7.33. The molecule has 3 rings (SSSR count). The zero-order valence-electron chi connectivity index (χ0n) is 13.5. The van der Waals surface area contributed by atoms with Gasteiger partial charge < -0.3 is 4.74 Å². The number of nitrogens with zero attached hydrogens (tertiary/aromatic N) is 1. The first-order valence-corrected chi connectivity index (χ1v) is 9.96. The van der Waals surface area contributed by atoms with E-state index in [0.29, 0.717) is 15.7 Å². The van der Waals surface area contributed by atoms with Crippen molar-refractivity contribution in [1.29, 1.82) is 0 Å². The van der Waals surface area contributed by atoms with Crippen LogP contribution in [0.2, 0.25) is 5.02 Å². The van der Waals surface area contributed by atoms with Crippen LogP contribution in [0.15, 0.2) is 62.7 Å². The van der Waals surface area contributed by atoms with Gasteiger partial charge in [-0.3, -0.25) is 10.1 Å². The topological polar surface area (TPSA) is 84.8 Å². The molecule has 2 aromatic carbocycles. The number of rotatable bonds is 4. The van der Waals surface area contributed by atoms with Crippen LogP contribution in [0.3, 0.4) is 0 Å². The largest absolute Gasteiger partial charge is 0.497 e. The van der Waals surface area contributed by atoms with Crippen LogP contribution in [0.25, 0.3) is 6.08 Å². The minimum atomic E-state index is -3.94. The molecule has 0 atom stereocenters. The molecule has 1 fully saturated rings. The lowest BCUT2D eigenvalue weighted by atomic mass is 10.2. The number of hydrogen-bond acceptors (Lipinski definition) is 5. The molecular formula is C17H13ClN2O4S2. The van der Waals surface area contributed by atoms with Crippen molar-refractivity contribution < 1.29 is 17.9 Å². The second-order valence-electron chi connectivity index (χ2n) is 5.16. The van der Waals surface area contributed by atoms with Crippen molar-refractivity contribution >= 4 is 50.5 Å². The maximum Gasteiger partial charge on any atom is 0.284 e. The van der Waals surface area contributed by atoms with E-state index in [-0.39, 0.29) is 10.1 Å². The number of amidine groups is 1. The Morgan fingerprint density at radius 2 is 1.77 bits per heavy atom. The van der Waals surface area contributed by atoms with E-state index in [1.807, 2.05) is 0 Å². The van der Waals surface area contributed by atoms with Crippen molar-refractivity contribution in [3.05, 3.63) is 64.0 Å². The van der Waals surface area contributed by atoms with Crippen LogP contribution >= 0.6 is 23.4 Å². The molecule has 0 bridgehead atoms. The summed E-state index contributed by atoms with van der Waals surface area (Å²) >= 11 is 6.72. The summed E-state index contributed by atoms with van der Waals surface area (Å²) < 4.78 is 33.4. The highest BCUT2D eigenvalue weighted by atomic mass is 35.5. The lowest BCUT2D eigenvalue weighted by Crippen LogP contribution is -2.20. The SMILES string of the molecule is COc1ccc(/C=C2\S/C(=N/S(=O)(=O)c3ccc(Cl)cc3)NC2=O)cc1. The molecule has 0 radical (unpaired) electrons. The number of nitrogens with one attached hydrogen (secondary N) is 1. The Morgan fingerprint density at radius 1 is 1.12 bits per heavy atom. The van der Waals surface area contributed by atoms with Gasteiger partial charge in [0.1, 0.15) is 5.75 Å². The molecule has 6 nitrogen and oxygen atoms in total. The van der Waals surface area contributed by atoms with E-state index in [9.17, 15) is 13.2 Å².